The van der Waals surface area contributed by atoms with Crippen LogP contribution >= 0.6 is 11.6 Å². The van der Waals surface area contributed by atoms with Gasteiger partial charge in [-0.1, -0.05) is 49.7 Å². The lowest BCUT2D eigenvalue weighted by molar-refractivity contribution is 0.134. The van der Waals surface area contributed by atoms with Crippen molar-refractivity contribution in [2.45, 2.75) is 24.3 Å². The number of aromatic nitrogens is 2. The molecule has 2 heterocycles. The van der Waals surface area contributed by atoms with Crippen LogP contribution in [0.15, 0.2) is 84.3 Å². The summed E-state index contributed by atoms with van der Waals surface area (Å²) in [7, 11) is -1.27. The van der Waals surface area contributed by atoms with Crippen LogP contribution in [0.4, 0.5) is 5.82 Å². The molecule has 4 rings (SSSR count). The van der Waals surface area contributed by atoms with Gasteiger partial charge < -0.3 is 14.2 Å². The third-order valence-corrected chi connectivity index (χ3v) is 8.20. The number of rotatable bonds is 9. The van der Waals surface area contributed by atoms with E-state index >= 15 is 0 Å². The summed E-state index contributed by atoms with van der Waals surface area (Å²) in [5.74, 6) is 1.25. The van der Waals surface area contributed by atoms with E-state index in [4.69, 9.17) is 25.8 Å². The molecule has 11 heteroatoms. The first-order chi connectivity index (χ1) is 17.7. The number of anilines is 1. The van der Waals surface area contributed by atoms with Crippen LogP contribution in [0.5, 0.6) is 17.2 Å². The number of methoxy groups -OCH3 is 2. The molecule has 2 aromatic carbocycles. The van der Waals surface area contributed by atoms with E-state index in [9.17, 15) is 8.42 Å². The molecule has 0 spiro atoms. The second-order valence-corrected chi connectivity index (χ2v) is 10.8. The molecule has 0 fully saturated rings. The van der Waals surface area contributed by atoms with Crippen LogP contribution in [0.2, 0.25) is 0 Å². The topological polar surface area (TPSA) is 112 Å². The van der Waals surface area contributed by atoms with Gasteiger partial charge in [0.05, 0.1) is 14.2 Å². The molecule has 194 valence electrons. The van der Waals surface area contributed by atoms with Gasteiger partial charge in [0.2, 0.25) is 4.87 Å². The number of hydrogen-bond donors (Lipinski definition) is 1. The molecule has 1 aromatic heterocycles. The summed E-state index contributed by atoms with van der Waals surface area (Å²) < 4.78 is 47.7. The molecule has 0 amide bonds. The van der Waals surface area contributed by atoms with Crippen LogP contribution in [0, 0.1) is 5.92 Å². The van der Waals surface area contributed by atoms with E-state index in [1.165, 1.54) is 38.9 Å². The molecule has 9 nitrogen and oxygen atoms in total. The second-order valence-electron chi connectivity index (χ2n) is 8.57. The summed E-state index contributed by atoms with van der Waals surface area (Å²) in [4.78, 5) is 10.5. The summed E-state index contributed by atoms with van der Waals surface area (Å²) in [6.07, 6.45) is 5.79. The number of aliphatic imine (C=N–C) groups is 1. The van der Waals surface area contributed by atoms with Crippen molar-refractivity contribution in [3.05, 3.63) is 84.8 Å². The fraction of sp³-hybridized carbons (Fsp3) is 0.269. The number of para-hydroxylation sites is 2. The highest BCUT2D eigenvalue weighted by Crippen LogP contribution is 2.45. The molecule has 0 bridgehead atoms. The SMILES string of the molecule is COc1cccc(C2(S(=O)(=O)Nc3ccncn3)C=CC(Oc3ccccc3OC)(C(C)C)C(Cl)=N2)c1. The van der Waals surface area contributed by atoms with Gasteiger partial charge in [-0.15, -0.1) is 0 Å². The van der Waals surface area contributed by atoms with E-state index in [1.54, 1.807) is 48.5 Å². The molecular formula is C26H27ClN4O5S. The summed E-state index contributed by atoms with van der Waals surface area (Å²) in [6, 6.07) is 15.2. The Morgan fingerprint density at radius 1 is 0.973 bits per heavy atom. The van der Waals surface area contributed by atoms with Crippen LogP contribution in [-0.2, 0) is 14.9 Å². The Hall–Kier alpha value is -3.63. The van der Waals surface area contributed by atoms with E-state index in [0.717, 1.165) is 0 Å². The van der Waals surface area contributed by atoms with Gasteiger partial charge in [-0.05, 0) is 42.5 Å². The summed E-state index contributed by atoms with van der Waals surface area (Å²) in [5.41, 5.74) is -0.944. The zero-order chi connectivity index (χ0) is 26.7. The van der Waals surface area contributed by atoms with Crippen LogP contribution in [0.3, 0.4) is 0 Å². The standard InChI is InChI=1S/C26H27ClN4O5S/c1-18(2)25(36-22-11-6-5-10-21(22)35-4)13-14-26(30-24(25)27,19-8-7-9-20(16-19)34-3)37(32,33)31-23-12-15-28-17-29-23/h5-18H,1-4H3,(H,28,29,31). The second kappa shape index (κ2) is 10.4. The van der Waals surface area contributed by atoms with E-state index < -0.39 is 20.5 Å². The van der Waals surface area contributed by atoms with Crippen molar-refractivity contribution >= 4 is 32.6 Å². The van der Waals surface area contributed by atoms with Crippen molar-refractivity contribution in [3.8, 4) is 17.2 Å². The van der Waals surface area contributed by atoms with Crippen molar-refractivity contribution in [2.75, 3.05) is 18.9 Å². The van der Waals surface area contributed by atoms with Gasteiger partial charge in [-0.3, -0.25) is 4.72 Å². The fourth-order valence-electron chi connectivity index (χ4n) is 3.96. The number of benzene rings is 2. The summed E-state index contributed by atoms with van der Waals surface area (Å²) >= 11 is 6.88. The third-order valence-electron chi connectivity index (χ3n) is 6.06. The first kappa shape index (κ1) is 26.4. The van der Waals surface area contributed by atoms with Gasteiger partial charge in [0.25, 0.3) is 10.0 Å². The lowest BCUT2D eigenvalue weighted by atomic mass is 9.86. The molecule has 37 heavy (non-hydrogen) atoms. The maximum absolute atomic E-state index is 14.0. The number of ether oxygens (including phenoxy) is 3. The molecule has 0 saturated carbocycles. The van der Waals surface area contributed by atoms with Gasteiger partial charge >= 0.3 is 0 Å². The van der Waals surface area contributed by atoms with E-state index in [-0.39, 0.29) is 16.9 Å². The minimum Gasteiger partial charge on any atom is -0.497 e. The predicted molar refractivity (Wildman–Crippen MR) is 143 cm³/mol. The van der Waals surface area contributed by atoms with Crippen molar-refractivity contribution in [1.29, 1.82) is 0 Å². The Morgan fingerprint density at radius 3 is 2.35 bits per heavy atom. The molecule has 2 unspecified atom stereocenters. The quantitative estimate of drug-likeness (QED) is 0.387. The maximum Gasteiger partial charge on any atom is 0.268 e. The Kier molecular flexibility index (Phi) is 7.42. The normalized spacial score (nSPS) is 21.3. The minimum absolute atomic E-state index is 0.0493. The number of dihydropyridines is 1. The van der Waals surface area contributed by atoms with Crippen LogP contribution < -0.4 is 18.9 Å². The summed E-state index contributed by atoms with van der Waals surface area (Å²) in [5, 5.41) is -0.0493. The highest BCUT2D eigenvalue weighted by Gasteiger charge is 2.52. The molecule has 1 aliphatic rings. The maximum atomic E-state index is 14.0. The van der Waals surface area contributed by atoms with E-state index in [2.05, 4.69) is 19.7 Å². The highest BCUT2D eigenvalue weighted by atomic mass is 35.5. The van der Waals surface area contributed by atoms with Crippen LogP contribution in [0.25, 0.3) is 0 Å². The van der Waals surface area contributed by atoms with Gasteiger partial charge in [0, 0.05) is 17.7 Å². The third kappa shape index (κ3) is 4.86. The smallest absolute Gasteiger partial charge is 0.268 e. The molecule has 1 aliphatic heterocycles. The van der Waals surface area contributed by atoms with Gasteiger partial charge in [0.1, 0.15) is 17.9 Å². The number of nitrogens with one attached hydrogen (secondary N) is 1. The molecule has 0 radical (unpaired) electrons. The molecule has 3 aromatic rings. The molecule has 2 atom stereocenters. The number of nitrogens with zero attached hydrogens (tertiary/aromatic N) is 3. The van der Waals surface area contributed by atoms with Gasteiger partial charge in [-0.25, -0.2) is 23.4 Å². The Balaban J connectivity index is 1.89. The zero-order valence-corrected chi connectivity index (χ0v) is 22.3. The molecule has 0 saturated heterocycles. The first-order valence-corrected chi connectivity index (χ1v) is 13.2. The van der Waals surface area contributed by atoms with Gasteiger partial charge in [-0.2, -0.15) is 0 Å². The number of hydrogen-bond acceptors (Lipinski definition) is 8. The van der Waals surface area contributed by atoms with E-state index in [1.807, 2.05) is 19.9 Å². The Labute approximate surface area is 221 Å². The average molecular weight is 543 g/mol. The monoisotopic (exact) mass is 542 g/mol. The minimum atomic E-state index is -4.31. The number of halogens is 1. The lowest BCUT2D eigenvalue weighted by Gasteiger charge is -2.40. The zero-order valence-electron chi connectivity index (χ0n) is 20.8. The van der Waals surface area contributed by atoms with Crippen molar-refractivity contribution in [2.24, 2.45) is 10.9 Å². The van der Waals surface area contributed by atoms with Crippen molar-refractivity contribution in [3.63, 3.8) is 0 Å². The summed E-state index contributed by atoms with van der Waals surface area (Å²) in [6.45, 7) is 3.81. The van der Waals surface area contributed by atoms with Gasteiger partial charge in [0.15, 0.2) is 22.3 Å². The molecule has 0 aliphatic carbocycles. The van der Waals surface area contributed by atoms with Crippen LogP contribution in [0.1, 0.15) is 19.4 Å². The van der Waals surface area contributed by atoms with Crippen LogP contribution in [-0.4, -0.2) is 43.4 Å². The Morgan fingerprint density at radius 2 is 1.73 bits per heavy atom. The predicted octanol–water partition coefficient (Wildman–Crippen LogP) is 4.77. The highest BCUT2D eigenvalue weighted by molar-refractivity contribution is 7.93. The molecular weight excluding hydrogens is 516 g/mol. The lowest BCUT2D eigenvalue weighted by Crippen LogP contribution is -2.51. The fourth-order valence-corrected chi connectivity index (χ4v) is 5.91. The molecule has 1 N–H and O–H groups in total. The largest absolute Gasteiger partial charge is 0.497 e. The van der Waals surface area contributed by atoms with Crippen molar-refractivity contribution in [1.82, 2.24) is 9.97 Å². The average Bonchev–Trinajstić information content (AvgIpc) is 2.90. The van der Waals surface area contributed by atoms with E-state index in [0.29, 0.717) is 22.8 Å². The Bertz CT molecular complexity index is 1430. The first-order valence-electron chi connectivity index (χ1n) is 11.4. The van der Waals surface area contributed by atoms with Crippen molar-refractivity contribution < 1.29 is 22.6 Å². The number of sulfonamides is 1.